The summed E-state index contributed by atoms with van der Waals surface area (Å²) in [4.78, 5) is 0. The lowest BCUT2D eigenvalue weighted by atomic mass is 10.1. The molecule has 226 valence electrons. The van der Waals surface area contributed by atoms with Gasteiger partial charge in [0.25, 0.3) is 0 Å². The van der Waals surface area contributed by atoms with Crippen molar-refractivity contribution >= 4 is 29.0 Å². The fraction of sp³-hybridized carbons (Fsp3) is 0.484. The number of rotatable bonds is 15. The molecule has 0 bridgehead atoms. The van der Waals surface area contributed by atoms with Crippen molar-refractivity contribution in [3.05, 3.63) is 66.7 Å². The van der Waals surface area contributed by atoms with Crippen LogP contribution in [0.5, 0.6) is 0 Å². The fourth-order valence-electron chi connectivity index (χ4n) is 4.31. The van der Waals surface area contributed by atoms with Crippen LogP contribution in [0.25, 0.3) is 0 Å². The number of nitrogens with zero attached hydrogens (tertiary/aromatic N) is 10. The molecule has 2 aromatic carbocycles. The molecule has 0 atom stereocenters. The maximum absolute atomic E-state index is 4.43. The Kier molecular flexibility index (Phi) is 14.1. The molecule has 11 nitrogen and oxygen atoms in total. The first-order valence-corrected chi connectivity index (χ1v) is 14.3. The summed E-state index contributed by atoms with van der Waals surface area (Å²) in [5, 5.41) is 29.9. The fourth-order valence-corrected chi connectivity index (χ4v) is 4.31. The standard InChI is InChI=1S/C29H40N11.2CH4/c1-5-37-22-31-39(7-3)28(37)35-33-26-15-13-24(14-16-26)12-10-9-11-21-30-25-17-19-27(20-18-25)34-36-29-38(6-2)23-32-40(29)8-4;;/h13-20,22-23H,5-12,21H2,1-4H3;2*1H4/q+1;;/p+1. The van der Waals surface area contributed by atoms with Gasteiger partial charge in [-0.25, -0.2) is 9.13 Å². The second-order valence-corrected chi connectivity index (χ2v) is 9.42. The van der Waals surface area contributed by atoms with Gasteiger partial charge in [0.2, 0.25) is 12.7 Å². The number of hydrogen-bond donors (Lipinski definition) is 1. The van der Waals surface area contributed by atoms with Gasteiger partial charge in [0.1, 0.15) is 0 Å². The van der Waals surface area contributed by atoms with Crippen molar-refractivity contribution in [2.24, 2.45) is 20.5 Å². The quantitative estimate of drug-likeness (QED) is 0.0893. The van der Waals surface area contributed by atoms with Crippen LogP contribution in [0, 0.1) is 0 Å². The summed E-state index contributed by atoms with van der Waals surface area (Å²) >= 11 is 0. The monoisotopic (exact) mass is 575 g/mol. The molecule has 0 radical (unpaired) electrons. The molecule has 0 aliphatic rings. The Morgan fingerprint density at radius 1 is 0.643 bits per heavy atom. The van der Waals surface area contributed by atoms with Gasteiger partial charge < -0.3 is 5.32 Å². The first kappa shape index (κ1) is 33.9. The van der Waals surface area contributed by atoms with E-state index in [-0.39, 0.29) is 14.9 Å². The molecule has 2 aromatic heterocycles. The van der Waals surface area contributed by atoms with Gasteiger partial charge in [-0.05, 0) is 99.1 Å². The van der Waals surface area contributed by atoms with E-state index in [1.807, 2.05) is 49.7 Å². The predicted octanol–water partition coefficient (Wildman–Crippen LogP) is 7.66. The maximum atomic E-state index is 4.43. The third-order valence-electron chi connectivity index (χ3n) is 6.70. The Balaban J connectivity index is 0.00000308. The lowest BCUT2D eigenvalue weighted by Gasteiger charge is -2.06. The lowest BCUT2D eigenvalue weighted by molar-refractivity contribution is -0.681. The van der Waals surface area contributed by atoms with Gasteiger partial charge in [0, 0.05) is 22.5 Å². The van der Waals surface area contributed by atoms with Gasteiger partial charge in [-0.1, -0.05) is 43.6 Å². The zero-order valence-electron chi connectivity index (χ0n) is 24.1. The second kappa shape index (κ2) is 17.5. The first-order chi connectivity index (χ1) is 19.6. The number of aryl methyl sites for hydroxylation is 5. The van der Waals surface area contributed by atoms with Crippen LogP contribution in [0.15, 0.2) is 81.6 Å². The van der Waals surface area contributed by atoms with Crippen LogP contribution in [0.3, 0.4) is 0 Å². The van der Waals surface area contributed by atoms with Crippen molar-refractivity contribution in [2.45, 2.75) is 94.4 Å². The molecule has 0 fully saturated rings. The minimum atomic E-state index is 0. The number of anilines is 1. The number of hydrogen-bond acceptors (Lipinski definition) is 7. The van der Waals surface area contributed by atoms with Crippen molar-refractivity contribution in [2.75, 3.05) is 11.9 Å². The highest BCUT2D eigenvalue weighted by Gasteiger charge is 2.16. The molecule has 11 heteroatoms. The molecule has 0 aliphatic heterocycles. The minimum absolute atomic E-state index is 0. The highest BCUT2D eigenvalue weighted by Crippen LogP contribution is 2.20. The number of aromatic nitrogens is 6. The van der Waals surface area contributed by atoms with E-state index in [2.05, 4.69) is 81.0 Å². The minimum Gasteiger partial charge on any atom is -0.385 e. The molecular formula is C31H49N11+2. The van der Waals surface area contributed by atoms with Gasteiger partial charge in [-0.2, -0.15) is 0 Å². The number of benzene rings is 2. The van der Waals surface area contributed by atoms with Gasteiger partial charge in [0.05, 0.1) is 37.6 Å². The Labute approximate surface area is 251 Å². The first-order valence-electron chi connectivity index (χ1n) is 14.3. The van der Waals surface area contributed by atoms with Crippen LogP contribution in [0.4, 0.5) is 29.0 Å². The van der Waals surface area contributed by atoms with Crippen LogP contribution in [0.2, 0.25) is 0 Å². The van der Waals surface area contributed by atoms with E-state index in [4.69, 9.17) is 0 Å². The van der Waals surface area contributed by atoms with Gasteiger partial charge in [-0.15, -0.1) is 9.36 Å². The second-order valence-electron chi connectivity index (χ2n) is 9.42. The van der Waals surface area contributed by atoms with E-state index in [0.29, 0.717) is 0 Å². The van der Waals surface area contributed by atoms with Crippen molar-refractivity contribution in [3.8, 4) is 0 Å². The average Bonchev–Trinajstić information content (AvgIpc) is 3.60. The molecule has 0 saturated heterocycles. The van der Waals surface area contributed by atoms with Gasteiger partial charge >= 0.3 is 11.9 Å². The normalized spacial score (nSPS) is 11.1. The molecule has 0 aliphatic carbocycles. The molecule has 0 spiro atoms. The van der Waals surface area contributed by atoms with Crippen LogP contribution >= 0.6 is 0 Å². The summed E-state index contributed by atoms with van der Waals surface area (Å²) < 4.78 is 7.67. The molecule has 0 amide bonds. The summed E-state index contributed by atoms with van der Waals surface area (Å²) in [6.07, 6.45) is 8.09. The predicted molar refractivity (Wildman–Crippen MR) is 168 cm³/mol. The lowest BCUT2D eigenvalue weighted by Crippen LogP contribution is -2.30. The summed E-state index contributed by atoms with van der Waals surface area (Å²) in [6, 6.07) is 16.4. The van der Waals surface area contributed by atoms with E-state index in [1.54, 1.807) is 12.7 Å². The number of nitrogens with one attached hydrogen (secondary N) is 1. The zero-order chi connectivity index (χ0) is 28.2. The largest absolute Gasteiger partial charge is 0.403 e. The molecular weight excluding hydrogens is 526 g/mol. The highest BCUT2D eigenvalue weighted by atomic mass is 15.4. The SMILES string of the molecule is C.C.CCn1nc[n+](CC)c1N=Nc1ccc(CCCCCNc2ccc(N=Nc3n(CC)nc[n+]3CC)cc2)cc1. The van der Waals surface area contributed by atoms with E-state index < -0.39 is 0 Å². The summed E-state index contributed by atoms with van der Waals surface area (Å²) in [6.45, 7) is 12.3. The topological polar surface area (TPSA) is 105 Å². The smallest absolute Gasteiger partial charge is 0.385 e. The zero-order valence-corrected chi connectivity index (χ0v) is 24.1. The van der Waals surface area contributed by atoms with Crippen LogP contribution in [0.1, 0.15) is 67.4 Å². The molecule has 1 N–H and O–H groups in total. The molecule has 0 saturated carbocycles. The Hall–Kier alpha value is -4.28. The van der Waals surface area contributed by atoms with Crippen LogP contribution in [-0.2, 0) is 32.6 Å². The average molecular weight is 576 g/mol. The van der Waals surface area contributed by atoms with Gasteiger partial charge in [-0.3, -0.25) is 0 Å². The number of azo groups is 2. The molecule has 42 heavy (non-hydrogen) atoms. The van der Waals surface area contributed by atoms with E-state index in [9.17, 15) is 0 Å². The molecule has 4 aromatic rings. The van der Waals surface area contributed by atoms with E-state index in [0.717, 1.165) is 80.9 Å². The Morgan fingerprint density at radius 3 is 1.62 bits per heavy atom. The molecule has 4 rings (SSSR count). The summed E-state index contributed by atoms with van der Waals surface area (Å²) in [7, 11) is 0. The highest BCUT2D eigenvalue weighted by molar-refractivity contribution is 5.50. The molecule has 0 unspecified atom stereocenters. The maximum Gasteiger partial charge on any atom is 0.403 e. The van der Waals surface area contributed by atoms with Crippen molar-refractivity contribution < 1.29 is 9.13 Å². The summed E-state index contributed by atoms with van der Waals surface area (Å²) in [5.41, 5.74) is 4.09. The third kappa shape index (κ3) is 9.12. The van der Waals surface area contributed by atoms with Gasteiger partial charge in [0.15, 0.2) is 0 Å². The Morgan fingerprint density at radius 2 is 1.14 bits per heavy atom. The Bertz CT molecular complexity index is 1230. The van der Waals surface area contributed by atoms with E-state index >= 15 is 0 Å². The van der Waals surface area contributed by atoms with Crippen LogP contribution < -0.4 is 14.5 Å². The molecule has 2 heterocycles. The third-order valence-corrected chi connectivity index (χ3v) is 6.70. The van der Waals surface area contributed by atoms with Crippen molar-refractivity contribution in [3.63, 3.8) is 0 Å². The van der Waals surface area contributed by atoms with Crippen molar-refractivity contribution in [1.29, 1.82) is 0 Å². The number of unbranched alkanes of at least 4 members (excludes halogenated alkanes) is 2. The summed E-state index contributed by atoms with van der Waals surface area (Å²) in [5.74, 6) is 1.53. The van der Waals surface area contributed by atoms with Crippen LogP contribution in [-0.4, -0.2) is 26.1 Å². The van der Waals surface area contributed by atoms with Crippen molar-refractivity contribution in [1.82, 2.24) is 19.6 Å². The van der Waals surface area contributed by atoms with E-state index in [1.165, 1.54) is 12.0 Å².